The van der Waals surface area contributed by atoms with Crippen LogP contribution in [0.2, 0.25) is 0 Å². The molecule has 1 heterocycles. The van der Waals surface area contributed by atoms with Crippen molar-refractivity contribution >= 4 is 12.4 Å². The van der Waals surface area contributed by atoms with Crippen LogP contribution >= 0.6 is 12.4 Å². The van der Waals surface area contributed by atoms with Crippen LogP contribution < -0.4 is 14.8 Å². The summed E-state index contributed by atoms with van der Waals surface area (Å²) >= 11 is 0. The maximum atomic E-state index is 5.70. The number of likely N-dealkylation sites (N-methyl/N-ethyl adjacent to an activating group) is 1. The van der Waals surface area contributed by atoms with Crippen LogP contribution in [0, 0.1) is 0 Å². The fourth-order valence-electron chi connectivity index (χ4n) is 2.07. The lowest BCUT2D eigenvalue weighted by Crippen LogP contribution is -2.24. The first-order valence-electron chi connectivity index (χ1n) is 8.07. The minimum absolute atomic E-state index is 0. The van der Waals surface area contributed by atoms with Gasteiger partial charge in [0.1, 0.15) is 0 Å². The standard InChI is InChI=1S/C17H25N3O3.ClH/c1-5-9-22-14-8-7-13(11-15(14)21-6-2)17-19-16(20-23-17)10-12(3)18-4;/h7-8,11-12,18H,5-6,9-10H2,1-4H3;1H. The molecule has 0 bridgehead atoms. The zero-order valence-corrected chi connectivity index (χ0v) is 15.5. The van der Waals surface area contributed by atoms with Gasteiger partial charge in [-0.1, -0.05) is 12.1 Å². The second-order valence-electron chi connectivity index (χ2n) is 5.35. The smallest absolute Gasteiger partial charge is 0.258 e. The first-order valence-corrected chi connectivity index (χ1v) is 8.07. The molecule has 0 radical (unpaired) electrons. The van der Waals surface area contributed by atoms with Crippen molar-refractivity contribution in [3.63, 3.8) is 0 Å². The first-order chi connectivity index (χ1) is 11.2. The van der Waals surface area contributed by atoms with Crippen molar-refractivity contribution in [2.75, 3.05) is 20.3 Å². The Kier molecular flexibility index (Phi) is 8.57. The van der Waals surface area contributed by atoms with Crippen molar-refractivity contribution in [1.82, 2.24) is 15.5 Å². The van der Waals surface area contributed by atoms with Crippen molar-refractivity contribution in [1.29, 1.82) is 0 Å². The number of nitrogens with zero attached hydrogens (tertiary/aromatic N) is 2. The van der Waals surface area contributed by atoms with Crippen molar-refractivity contribution in [2.24, 2.45) is 0 Å². The van der Waals surface area contributed by atoms with Crippen LogP contribution in [-0.2, 0) is 6.42 Å². The highest BCUT2D eigenvalue weighted by Gasteiger charge is 2.14. The van der Waals surface area contributed by atoms with Crippen LogP contribution in [0.3, 0.4) is 0 Å². The molecule has 1 unspecified atom stereocenters. The molecule has 0 spiro atoms. The van der Waals surface area contributed by atoms with E-state index in [1.165, 1.54) is 0 Å². The van der Waals surface area contributed by atoms with Gasteiger partial charge in [0, 0.05) is 18.0 Å². The number of rotatable bonds is 9. The summed E-state index contributed by atoms with van der Waals surface area (Å²) in [6, 6.07) is 5.97. The molecule has 7 heteroatoms. The molecule has 1 aromatic carbocycles. The normalized spacial score (nSPS) is 11.7. The molecule has 1 N–H and O–H groups in total. The summed E-state index contributed by atoms with van der Waals surface area (Å²) in [5, 5.41) is 7.19. The summed E-state index contributed by atoms with van der Waals surface area (Å²) in [6.07, 6.45) is 1.67. The number of aromatic nitrogens is 2. The van der Waals surface area contributed by atoms with Gasteiger partial charge in [0.2, 0.25) is 0 Å². The highest BCUT2D eigenvalue weighted by Crippen LogP contribution is 2.32. The largest absolute Gasteiger partial charge is 0.490 e. The first kappa shape index (κ1) is 20.3. The van der Waals surface area contributed by atoms with Gasteiger partial charge < -0.3 is 19.3 Å². The van der Waals surface area contributed by atoms with Gasteiger partial charge in [-0.25, -0.2) is 0 Å². The number of hydrogen-bond acceptors (Lipinski definition) is 6. The van der Waals surface area contributed by atoms with Crippen LogP contribution in [0.4, 0.5) is 0 Å². The Morgan fingerprint density at radius 2 is 2.00 bits per heavy atom. The zero-order valence-electron chi connectivity index (χ0n) is 14.7. The number of nitrogens with one attached hydrogen (secondary N) is 1. The lowest BCUT2D eigenvalue weighted by Gasteiger charge is -2.11. The molecule has 0 fully saturated rings. The second-order valence-corrected chi connectivity index (χ2v) is 5.35. The Balaban J connectivity index is 0.00000288. The van der Waals surface area contributed by atoms with Crippen LogP contribution in [-0.4, -0.2) is 36.4 Å². The topological polar surface area (TPSA) is 69.4 Å². The van der Waals surface area contributed by atoms with E-state index in [0.29, 0.717) is 36.7 Å². The summed E-state index contributed by atoms with van der Waals surface area (Å²) < 4.78 is 16.7. The van der Waals surface area contributed by atoms with E-state index >= 15 is 0 Å². The maximum Gasteiger partial charge on any atom is 0.258 e. The van der Waals surface area contributed by atoms with Gasteiger partial charge in [-0.15, -0.1) is 12.4 Å². The Morgan fingerprint density at radius 3 is 2.67 bits per heavy atom. The van der Waals surface area contributed by atoms with Gasteiger partial charge in [-0.3, -0.25) is 0 Å². The lowest BCUT2D eigenvalue weighted by atomic mass is 10.2. The van der Waals surface area contributed by atoms with Gasteiger partial charge in [-0.2, -0.15) is 4.98 Å². The molecular formula is C17H26ClN3O3. The molecule has 6 nitrogen and oxygen atoms in total. The summed E-state index contributed by atoms with van der Waals surface area (Å²) in [5.41, 5.74) is 0.827. The molecule has 0 aliphatic carbocycles. The predicted octanol–water partition coefficient (Wildman–Crippen LogP) is 3.50. The third-order valence-corrected chi connectivity index (χ3v) is 3.40. The summed E-state index contributed by atoms with van der Waals surface area (Å²) in [7, 11) is 1.91. The van der Waals surface area contributed by atoms with E-state index in [2.05, 4.69) is 29.3 Å². The predicted molar refractivity (Wildman–Crippen MR) is 96.2 cm³/mol. The minimum atomic E-state index is 0. The van der Waals surface area contributed by atoms with Crippen molar-refractivity contribution in [3.05, 3.63) is 24.0 Å². The van der Waals surface area contributed by atoms with Gasteiger partial charge in [0.05, 0.1) is 13.2 Å². The average molecular weight is 356 g/mol. The Labute approximate surface area is 149 Å². The van der Waals surface area contributed by atoms with Crippen molar-refractivity contribution in [2.45, 2.75) is 39.7 Å². The van der Waals surface area contributed by atoms with E-state index in [9.17, 15) is 0 Å². The summed E-state index contributed by atoms with van der Waals surface area (Å²) in [5.74, 6) is 2.61. The van der Waals surface area contributed by atoms with Crippen LogP contribution in [0.15, 0.2) is 22.7 Å². The quantitative estimate of drug-likeness (QED) is 0.742. The zero-order chi connectivity index (χ0) is 16.7. The number of hydrogen-bond donors (Lipinski definition) is 1. The van der Waals surface area contributed by atoms with E-state index in [-0.39, 0.29) is 12.4 Å². The van der Waals surface area contributed by atoms with E-state index in [1.807, 2.05) is 32.2 Å². The molecule has 2 rings (SSSR count). The molecule has 0 amide bonds. The fourth-order valence-corrected chi connectivity index (χ4v) is 2.07. The van der Waals surface area contributed by atoms with Gasteiger partial charge in [0.15, 0.2) is 17.3 Å². The lowest BCUT2D eigenvalue weighted by molar-refractivity contribution is 0.277. The third kappa shape index (κ3) is 5.39. The molecule has 1 atom stereocenters. The highest BCUT2D eigenvalue weighted by atomic mass is 35.5. The Bertz CT molecular complexity index is 619. The minimum Gasteiger partial charge on any atom is -0.490 e. The van der Waals surface area contributed by atoms with Crippen molar-refractivity contribution < 1.29 is 14.0 Å². The molecule has 0 saturated heterocycles. The van der Waals surface area contributed by atoms with E-state index < -0.39 is 0 Å². The fraction of sp³-hybridized carbons (Fsp3) is 0.529. The molecule has 134 valence electrons. The maximum absolute atomic E-state index is 5.70. The molecule has 1 aromatic heterocycles. The van der Waals surface area contributed by atoms with Crippen LogP contribution in [0.25, 0.3) is 11.5 Å². The number of benzene rings is 1. The van der Waals surface area contributed by atoms with Crippen LogP contribution in [0.5, 0.6) is 11.5 Å². The van der Waals surface area contributed by atoms with Gasteiger partial charge >= 0.3 is 0 Å². The molecular weight excluding hydrogens is 330 g/mol. The second kappa shape index (κ2) is 10.2. The Hall–Kier alpha value is -1.79. The van der Waals surface area contributed by atoms with E-state index in [0.717, 1.165) is 24.2 Å². The SMILES string of the molecule is CCCOc1ccc(-c2nc(CC(C)NC)no2)cc1OCC.Cl. The van der Waals surface area contributed by atoms with Crippen LogP contribution in [0.1, 0.15) is 33.0 Å². The van der Waals surface area contributed by atoms with Crippen molar-refractivity contribution in [3.8, 4) is 23.0 Å². The molecule has 0 aliphatic rings. The molecule has 2 aromatic rings. The average Bonchev–Trinajstić information content (AvgIpc) is 3.02. The number of halogens is 1. The van der Waals surface area contributed by atoms with Gasteiger partial charge in [0.25, 0.3) is 5.89 Å². The van der Waals surface area contributed by atoms with E-state index in [4.69, 9.17) is 14.0 Å². The van der Waals surface area contributed by atoms with Gasteiger partial charge in [-0.05, 0) is 45.5 Å². The third-order valence-electron chi connectivity index (χ3n) is 3.40. The molecule has 0 aliphatic heterocycles. The summed E-state index contributed by atoms with van der Waals surface area (Å²) in [4.78, 5) is 4.45. The molecule has 0 saturated carbocycles. The molecule has 24 heavy (non-hydrogen) atoms. The van der Waals surface area contributed by atoms with E-state index in [1.54, 1.807) is 0 Å². The monoisotopic (exact) mass is 355 g/mol. The highest BCUT2D eigenvalue weighted by molar-refractivity contribution is 5.85. The Morgan fingerprint density at radius 1 is 1.21 bits per heavy atom. The number of ether oxygens (including phenoxy) is 2. The summed E-state index contributed by atoms with van der Waals surface area (Å²) in [6.45, 7) is 7.32.